The molecule has 0 saturated heterocycles. The number of alkyl halides is 1. The van der Waals surface area contributed by atoms with E-state index >= 15 is 0 Å². The summed E-state index contributed by atoms with van der Waals surface area (Å²) in [6.07, 6.45) is 1.36. The normalized spacial score (nSPS) is 13.8. The van der Waals surface area contributed by atoms with Crippen LogP contribution in [0.4, 0.5) is 4.39 Å². The molecule has 0 aliphatic carbocycles. The van der Waals surface area contributed by atoms with E-state index in [0.717, 1.165) is 0 Å². The second-order valence-electron chi connectivity index (χ2n) is 2.68. The molecule has 0 rings (SSSR count). The fourth-order valence-electron chi connectivity index (χ4n) is 0.760. The molecule has 0 fully saturated rings. The average molecular weight is 132 g/mol. The quantitative estimate of drug-likeness (QED) is 0.533. The van der Waals surface area contributed by atoms with Gasteiger partial charge in [-0.3, -0.25) is 4.39 Å². The summed E-state index contributed by atoms with van der Waals surface area (Å²) in [6, 6.07) is 0. The Morgan fingerprint density at radius 3 is 2.22 bits per heavy atom. The third-order valence-electron chi connectivity index (χ3n) is 1.16. The first kappa shape index (κ1) is 8.60. The molecule has 0 N–H and O–H groups in total. The molecule has 0 aromatic carbocycles. The standard InChI is InChI=1S/C7H13FO/c1-6(2)3-7(4-8)5-9/h5-7H,3-4H2,1-2H3. The zero-order chi connectivity index (χ0) is 7.28. The van der Waals surface area contributed by atoms with E-state index < -0.39 is 6.67 Å². The van der Waals surface area contributed by atoms with Crippen LogP contribution in [0.25, 0.3) is 0 Å². The molecule has 0 saturated carbocycles. The monoisotopic (exact) mass is 132 g/mol. The molecule has 0 bridgehead atoms. The van der Waals surface area contributed by atoms with Gasteiger partial charge < -0.3 is 4.79 Å². The summed E-state index contributed by atoms with van der Waals surface area (Å²) in [5.41, 5.74) is 0. The molecule has 0 radical (unpaired) electrons. The number of aldehydes is 1. The Labute approximate surface area is 55.3 Å². The SMILES string of the molecule is CC(C)CC(C=O)CF. The topological polar surface area (TPSA) is 17.1 Å². The molecule has 2 heteroatoms. The number of rotatable bonds is 4. The Morgan fingerprint density at radius 1 is 1.56 bits per heavy atom. The van der Waals surface area contributed by atoms with Gasteiger partial charge in [0.25, 0.3) is 0 Å². The van der Waals surface area contributed by atoms with Gasteiger partial charge in [0.05, 0.1) is 6.67 Å². The largest absolute Gasteiger partial charge is 0.303 e. The Bertz CT molecular complexity index is 81.0. The van der Waals surface area contributed by atoms with E-state index in [1.165, 1.54) is 0 Å². The van der Waals surface area contributed by atoms with E-state index in [0.29, 0.717) is 18.6 Å². The summed E-state index contributed by atoms with van der Waals surface area (Å²) in [5, 5.41) is 0. The van der Waals surface area contributed by atoms with Crippen molar-refractivity contribution >= 4 is 6.29 Å². The Balaban J connectivity index is 3.42. The van der Waals surface area contributed by atoms with Crippen molar-refractivity contribution < 1.29 is 9.18 Å². The van der Waals surface area contributed by atoms with E-state index in [2.05, 4.69) is 0 Å². The minimum atomic E-state index is -0.512. The van der Waals surface area contributed by atoms with Crippen LogP contribution in [0.3, 0.4) is 0 Å². The maximum Gasteiger partial charge on any atom is 0.125 e. The van der Waals surface area contributed by atoms with Crippen LogP contribution in [-0.2, 0) is 4.79 Å². The molecular formula is C7H13FO. The van der Waals surface area contributed by atoms with Crippen LogP contribution in [-0.4, -0.2) is 13.0 Å². The first-order valence-electron chi connectivity index (χ1n) is 3.22. The Hall–Kier alpha value is -0.400. The number of hydrogen-bond acceptors (Lipinski definition) is 1. The van der Waals surface area contributed by atoms with Gasteiger partial charge in [-0.05, 0) is 12.3 Å². The molecule has 0 aromatic heterocycles. The van der Waals surface area contributed by atoms with E-state index in [9.17, 15) is 9.18 Å². The van der Waals surface area contributed by atoms with Gasteiger partial charge >= 0.3 is 0 Å². The fourth-order valence-corrected chi connectivity index (χ4v) is 0.760. The van der Waals surface area contributed by atoms with Gasteiger partial charge in [-0.2, -0.15) is 0 Å². The highest BCUT2D eigenvalue weighted by molar-refractivity contribution is 5.53. The molecule has 1 nitrogen and oxygen atoms in total. The van der Waals surface area contributed by atoms with Crippen LogP contribution in [0.5, 0.6) is 0 Å². The van der Waals surface area contributed by atoms with Crippen molar-refractivity contribution in [1.82, 2.24) is 0 Å². The average Bonchev–Trinajstić information content (AvgIpc) is 1.82. The van der Waals surface area contributed by atoms with Gasteiger partial charge in [0.2, 0.25) is 0 Å². The maximum atomic E-state index is 11.8. The summed E-state index contributed by atoms with van der Waals surface area (Å²) in [6.45, 7) is 3.44. The van der Waals surface area contributed by atoms with Crippen molar-refractivity contribution in [3.63, 3.8) is 0 Å². The van der Waals surface area contributed by atoms with Crippen molar-refractivity contribution in [1.29, 1.82) is 0 Å². The van der Waals surface area contributed by atoms with Crippen LogP contribution in [0.15, 0.2) is 0 Å². The fraction of sp³-hybridized carbons (Fsp3) is 0.857. The van der Waals surface area contributed by atoms with E-state index in [-0.39, 0.29) is 5.92 Å². The summed E-state index contributed by atoms with van der Waals surface area (Å²) >= 11 is 0. The molecular weight excluding hydrogens is 119 g/mol. The van der Waals surface area contributed by atoms with Crippen molar-refractivity contribution in [3.8, 4) is 0 Å². The van der Waals surface area contributed by atoms with Crippen LogP contribution in [0, 0.1) is 11.8 Å². The summed E-state index contributed by atoms with van der Waals surface area (Å²) < 4.78 is 11.8. The molecule has 0 amide bonds. The minimum Gasteiger partial charge on any atom is -0.303 e. The lowest BCUT2D eigenvalue weighted by Gasteiger charge is -2.06. The Morgan fingerprint density at radius 2 is 2.11 bits per heavy atom. The highest BCUT2D eigenvalue weighted by Gasteiger charge is 2.07. The van der Waals surface area contributed by atoms with Crippen LogP contribution in [0.1, 0.15) is 20.3 Å². The van der Waals surface area contributed by atoms with Crippen LogP contribution in [0.2, 0.25) is 0 Å². The lowest BCUT2D eigenvalue weighted by atomic mass is 10.00. The number of carbonyl (C=O) groups excluding carboxylic acids is 1. The Kier molecular flexibility index (Phi) is 4.28. The van der Waals surface area contributed by atoms with E-state index in [4.69, 9.17) is 0 Å². The number of halogens is 1. The highest BCUT2D eigenvalue weighted by Crippen LogP contribution is 2.09. The zero-order valence-corrected chi connectivity index (χ0v) is 5.93. The molecule has 0 aliphatic rings. The van der Waals surface area contributed by atoms with Gasteiger partial charge in [0.15, 0.2) is 0 Å². The van der Waals surface area contributed by atoms with Crippen molar-refractivity contribution in [2.75, 3.05) is 6.67 Å². The van der Waals surface area contributed by atoms with Crippen molar-refractivity contribution in [2.45, 2.75) is 20.3 Å². The minimum absolute atomic E-state index is 0.370. The maximum absolute atomic E-state index is 11.8. The molecule has 0 spiro atoms. The summed E-state index contributed by atoms with van der Waals surface area (Å²) in [7, 11) is 0. The molecule has 54 valence electrons. The van der Waals surface area contributed by atoms with Gasteiger partial charge in [-0.15, -0.1) is 0 Å². The zero-order valence-electron chi connectivity index (χ0n) is 5.93. The lowest BCUT2D eigenvalue weighted by molar-refractivity contribution is -0.111. The van der Waals surface area contributed by atoms with Crippen molar-refractivity contribution in [2.24, 2.45) is 11.8 Å². The summed E-state index contributed by atoms with van der Waals surface area (Å²) in [4.78, 5) is 10.0. The lowest BCUT2D eigenvalue weighted by Crippen LogP contribution is -2.07. The van der Waals surface area contributed by atoms with E-state index in [1.807, 2.05) is 13.8 Å². The second kappa shape index (κ2) is 4.48. The molecule has 9 heavy (non-hydrogen) atoms. The van der Waals surface area contributed by atoms with Gasteiger partial charge in [0, 0.05) is 5.92 Å². The molecule has 0 aromatic rings. The predicted octanol–water partition coefficient (Wildman–Crippen LogP) is 1.82. The smallest absolute Gasteiger partial charge is 0.125 e. The number of hydrogen-bond donors (Lipinski definition) is 0. The third kappa shape index (κ3) is 4.13. The summed E-state index contributed by atoms with van der Waals surface area (Å²) in [5.74, 6) is 0.0425. The second-order valence-corrected chi connectivity index (χ2v) is 2.68. The van der Waals surface area contributed by atoms with Crippen LogP contribution >= 0.6 is 0 Å². The van der Waals surface area contributed by atoms with Gasteiger partial charge in [0.1, 0.15) is 6.29 Å². The highest BCUT2D eigenvalue weighted by atomic mass is 19.1. The first-order chi connectivity index (χ1) is 4.20. The van der Waals surface area contributed by atoms with Crippen molar-refractivity contribution in [3.05, 3.63) is 0 Å². The van der Waals surface area contributed by atoms with Crippen LogP contribution < -0.4 is 0 Å². The molecule has 0 aliphatic heterocycles. The molecule has 1 unspecified atom stereocenters. The third-order valence-corrected chi connectivity index (χ3v) is 1.16. The molecule has 1 atom stereocenters. The number of carbonyl (C=O) groups is 1. The van der Waals surface area contributed by atoms with Gasteiger partial charge in [-0.1, -0.05) is 13.8 Å². The van der Waals surface area contributed by atoms with E-state index in [1.54, 1.807) is 0 Å². The predicted molar refractivity (Wildman–Crippen MR) is 35.0 cm³/mol. The molecule has 0 heterocycles. The van der Waals surface area contributed by atoms with Gasteiger partial charge in [-0.25, -0.2) is 0 Å². The first-order valence-corrected chi connectivity index (χ1v) is 3.22.